The second-order valence-corrected chi connectivity index (χ2v) is 6.38. The van der Waals surface area contributed by atoms with Gasteiger partial charge in [0, 0.05) is 16.3 Å². The van der Waals surface area contributed by atoms with Gasteiger partial charge in [0.05, 0.1) is 0 Å². The normalized spacial score (nSPS) is 12.6. The summed E-state index contributed by atoms with van der Waals surface area (Å²) in [5.41, 5.74) is 1.42. The van der Waals surface area contributed by atoms with Crippen molar-refractivity contribution in [1.29, 1.82) is 0 Å². The first-order valence-electron chi connectivity index (χ1n) is 6.31. The summed E-state index contributed by atoms with van der Waals surface area (Å²) in [5, 5.41) is 3.63. The number of nitrogens with one attached hydrogen (secondary N) is 1. The molecule has 1 rings (SSSR count). The van der Waals surface area contributed by atoms with E-state index in [2.05, 4.69) is 59.4 Å². The molecule has 0 aromatic heterocycles. The Kier molecular flexibility index (Phi) is 7.99. The van der Waals surface area contributed by atoms with Gasteiger partial charge in [-0.3, -0.25) is 0 Å². The molecule has 1 unspecified atom stereocenters. The van der Waals surface area contributed by atoms with Crippen LogP contribution in [0, 0.1) is 0 Å². The lowest BCUT2D eigenvalue weighted by atomic mass is 10.1. The molecule has 1 atom stereocenters. The van der Waals surface area contributed by atoms with Crippen LogP contribution in [0.2, 0.25) is 0 Å². The first-order chi connectivity index (χ1) is 8.26. The second-order valence-electron chi connectivity index (χ2n) is 4.14. The van der Waals surface area contributed by atoms with Crippen molar-refractivity contribution >= 4 is 27.7 Å². The van der Waals surface area contributed by atoms with E-state index in [0.29, 0.717) is 6.04 Å². The highest BCUT2D eigenvalue weighted by molar-refractivity contribution is 9.10. The van der Waals surface area contributed by atoms with Crippen molar-refractivity contribution in [3.63, 3.8) is 0 Å². The molecule has 0 saturated heterocycles. The Hall–Kier alpha value is 0.01000. The van der Waals surface area contributed by atoms with Crippen LogP contribution < -0.4 is 5.32 Å². The van der Waals surface area contributed by atoms with E-state index in [9.17, 15) is 0 Å². The SMILES string of the molecule is CCCNC(CSCC)Cc1ccc(Br)cc1. The van der Waals surface area contributed by atoms with Gasteiger partial charge >= 0.3 is 0 Å². The third kappa shape index (κ3) is 6.49. The van der Waals surface area contributed by atoms with Crippen LogP contribution in [0.5, 0.6) is 0 Å². The number of hydrogen-bond acceptors (Lipinski definition) is 2. The van der Waals surface area contributed by atoms with E-state index in [1.165, 1.54) is 23.5 Å². The van der Waals surface area contributed by atoms with Crippen LogP contribution in [0.25, 0.3) is 0 Å². The highest BCUT2D eigenvalue weighted by atomic mass is 79.9. The predicted octanol–water partition coefficient (Wildman–Crippen LogP) is 4.11. The second kappa shape index (κ2) is 9.01. The highest BCUT2D eigenvalue weighted by Gasteiger charge is 2.08. The Bertz CT molecular complexity index is 292. The molecule has 1 aromatic carbocycles. The Morgan fingerprint density at radius 1 is 1.24 bits per heavy atom. The van der Waals surface area contributed by atoms with E-state index in [1.807, 2.05) is 11.8 Å². The molecule has 96 valence electrons. The quantitative estimate of drug-likeness (QED) is 0.774. The lowest BCUT2D eigenvalue weighted by Crippen LogP contribution is -2.34. The summed E-state index contributed by atoms with van der Waals surface area (Å²) >= 11 is 5.49. The van der Waals surface area contributed by atoms with Crippen LogP contribution >= 0.6 is 27.7 Å². The number of hydrogen-bond donors (Lipinski definition) is 1. The lowest BCUT2D eigenvalue weighted by Gasteiger charge is -2.18. The summed E-state index contributed by atoms with van der Waals surface area (Å²) < 4.78 is 1.15. The van der Waals surface area contributed by atoms with Crippen LogP contribution in [0.3, 0.4) is 0 Å². The Morgan fingerprint density at radius 2 is 1.94 bits per heavy atom. The van der Waals surface area contributed by atoms with Gasteiger partial charge in [-0.2, -0.15) is 11.8 Å². The summed E-state index contributed by atoms with van der Waals surface area (Å²) in [6.45, 7) is 5.56. The van der Waals surface area contributed by atoms with E-state index in [0.717, 1.165) is 17.4 Å². The summed E-state index contributed by atoms with van der Waals surface area (Å²) in [6, 6.07) is 9.27. The first-order valence-corrected chi connectivity index (χ1v) is 8.26. The Labute approximate surface area is 118 Å². The number of rotatable bonds is 8. The molecular formula is C14H22BrNS. The zero-order valence-corrected chi connectivity index (χ0v) is 13.1. The zero-order chi connectivity index (χ0) is 12.5. The minimum atomic E-state index is 0.598. The fourth-order valence-corrected chi connectivity index (χ4v) is 2.72. The lowest BCUT2D eigenvalue weighted by molar-refractivity contribution is 0.550. The van der Waals surface area contributed by atoms with Gasteiger partial charge in [-0.15, -0.1) is 0 Å². The third-order valence-electron chi connectivity index (χ3n) is 2.60. The van der Waals surface area contributed by atoms with Gasteiger partial charge in [0.2, 0.25) is 0 Å². The van der Waals surface area contributed by atoms with Gasteiger partial charge in [0.1, 0.15) is 0 Å². The largest absolute Gasteiger partial charge is 0.313 e. The minimum absolute atomic E-state index is 0.598. The van der Waals surface area contributed by atoms with Gasteiger partial charge in [-0.25, -0.2) is 0 Å². The van der Waals surface area contributed by atoms with Crippen molar-refractivity contribution in [3.8, 4) is 0 Å². The monoisotopic (exact) mass is 315 g/mol. The van der Waals surface area contributed by atoms with Crippen molar-refractivity contribution in [3.05, 3.63) is 34.3 Å². The molecule has 0 fully saturated rings. The summed E-state index contributed by atoms with van der Waals surface area (Å²) in [6.07, 6.45) is 2.33. The van der Waals surface area contributed by atoms with Gasteiger partial charge in [-0.1, -0.05) is 41.9 Å². The van der Waals surface area contributed by atoms with Gasteiger partial charge in [-0.05, 0) is 42.8 Å². The van der Waals surface area contributed by atoms with Crippen LogP contribution in [-0.2, 0) is 6.42 Å². The molecule has 0 radical (unpaired) electrons. The molecule has 17 heavy (non-hydrogen) atoms. The molecule has 0 aliphatic heterocycles. The molecule has 0 saturated carbocycles. The highest BCUT2D eigenvalue weighted by Crippen LogP contribution is 2.13. The predicted molar refractivity (Wildman–Crippen MR) is 82.9 cm³/mol. The maximum Gasteiger partial charge on any atom is 0.0198 e. The van der Waals surface area contributed by atoms with Crippen molar-refractivity contribution in [2.75, 3.05) is 18.1 Å². The van der Waals surface area contributed by atoms with Crippen molar-refractivity contribution in [2.24, 2.45) is 0 Å². The molecule has 0 spiro atoms. The average Bonchev–Trinajstić information content (AvgIpc) is 2.35. The fraction of sp³-hybridized carbons (Fsp3) is 0.571. The third-order valence-corrected chi connectivity index (χ3v) is 4.18. The maximum atomic E-state index is 3.63. The molecule has 1 N–H and O–H groups in total. The van der Waals surface area contributed by atoms with E-state index in [4.69, 9.17) is 0 Å². The summed E-state index contributed by atoms with van der Waals surface area (Å²) in [7, 11) is 0. The smallest absolute Gasteiger partial charge is 0.0198 e. The van der Waals surface area contributed by atoms with Crippen molar-refractivity contribution < 1.29 is 0 Å². The standard InChI is InChI=1S/C14H22BrNS/c1-3-9-16-14(11-17-4-2)10-12-5-7-13(15)8-6-12/h5-8,14,16H,3-4,9-11H2,1-2H3. The first kappa shape index (κ1) is 15.1. The van der Waals surface area contributed by atoms with Crippen molar-refractivity contribution in [1.82, 2.24) is 5.32 Å². The Balaban J connectivity index is 2.48. The van der Waals surface area contributed by atoms with Gasteiger partial charge < -0.3 is 5.32 Å². The van der Waals surface area contributed by atoms with Crippen LogP contribution in [-0.4, -0.2) is 24.1 Å². The van der Waals surface area contributed by atoms with Crippen LogP contribution in [0.4, 0.5) is 0 Å². The van der Waals surface area contributed by atoms with E-state index in [1.54, 1.807) is 0 Å². The molecule has 0 heterocycles. The molecule has 0 aliphatic carbocycles. The maximum absolute atomic E-state index is 3.63. The number of benzene rings is 1. The molecular weight excluding hydrogens is 294 g/mol. The molecule has 1 aromatic rings. The Morgan fingerprint density at radius 3 is 2.53 bits per heavy atom. The zero-order valence-electron chi connectivity index (χ0n) is 10.7. The molecule has 1 nitrogen and oxygen atoms in total. The molecule has 3 heteroatoms. The number of halogens is 1. The fourth-order valence-electron chi connectivity index (χ4n) is 1.70. The van der Waals surface area contributed by atoms with Gasteiger partial charge in [0.25, 0.3) is 0 Å². The summed E-state index contributed by atoms with van der Waals surface area (Å²) in [5.74, 6) is 2.40. The van der Waals surface area contributed by atoms with Crippen LogP contribution in [0.1, 0.15) is 25.8 Å². The van der Waals surface area contributed by atoms with Crippen LogP contribution in [0.15, 0.2) is 28.7 Å². The van der Waals surface area contributed by atoms with Crippen molar-refractivity contribution in [2.45, 2.75) is 32.7 Å². The topological polar surface area (TPSA) is 12.0 Å². The molecule has 0 aliphatic rings. The molecule has 0 bridgehead atoms. The number of thioether (sulfide) groups is 1. The van der Waals surface area contributed by atoms with Gasteiger partial charge in [0.15, 0.2) is 0 Å². The van der Waals surface area contributed by atoms with E-state index >= 15 is 0 Å². The summed E-state index contributed by atoms with van der Waals surface area (Å²) in [4.78, 5) is 0. The molecule has 0 amide bonds. The van der Waals surface area contributed by atoms with E-state index in [-0.39, 0.29) is 0 Å². The van der Waals surface area contributed by atoms with E-state index < -0.39 is 0 Å². The average molecular weight is 316 g/mol. The minimum Gasteiger partial charge on any atom is -0.313 e.